The molecule has 3 nitrogen and oxygen atoms in total. The highest BCUT2D eigenvalue weighted by Crippen LogP contribution is 2.32. The highest BCUT2D eigenvalue weighted by atomic mass is 16.5. The summed E-state index contributed by atoms with van der Waals surface area (Å²) in [5.74, 6) is 1.22. The van der Waals surface area contributed by atoms with Gasteiger partial charge < -0.3 is 10.5 Å². The third-order valence-electron chi connectivity index (χ3n) is 3.44. The molecule has 0 bridgehead atoms. The van der Waals surface area contributed by atoms with Crippen LogP contribution in [0.5, 0.6) is 0 Å². The third-order valence-corrected chi connectivity index (χ3v) is 3.44. The van der Waals surface area contributed by atoms with E-state index in [0.29, 0.717) is 31.2 Å². The van der Waals surface area contributed by atoms with Crippen molar-refractivity contribution in [3.63, 3.8) is 0 Å². The zero-order valence-corrected chi connectivity index (χ0v) is 11.3. The maximum atomic E-state index is 11.9. The van der Waals surface area contributed by atoms with Crippen molar-refractivity contribution in [2.24, 2.45) is 17.1 Å². The Morgan fingerprint density at radius 3 is 2.65 bits per heavy atom. The van der Waals surface area contributed by atoms with E-state index in [0.717, 1.165) is 19.3 Å². The van der Waals surface area contributed by atoms with E-state index in [-0.39, 0.29) is 11.2 Å². The number of ketones is 1. The molecule has 3 heteroatoms. The predicted molar refractivity (Wildman–Crippen MR) is 69.5 cm³/mol. The first-order chi connectivity index (χ1) is 7.95. The fourth-order valence-electron chi connectivity index (χ4n) is 2.25. The molecule has 0 aromatic heterocycles. The second kappa shape index (κ2) is 6.20. The molecule has 2 N–H and O–H groups in total. The van der Waals surface area contributed by atoms with Crippen LogP contribution in [-0.4, -0.2) is 18.9 Å². The minimum absolute atomic E-state index is 0.147. The highest BCUT2D eigenvalue weighted by molar-refractivity contribution is 5.93. The van der Waals surface area contributed by atoms with E-state index in [2.05, 4.69) is 20.8 Å². The summed E-state index contributed by atoms with van der Waals surface area (Å²) < 4.78 is 5.28. The number of rotatable bonds is 6. The topological polar surface area (TPSA) is 52.3 Å². The van der Waals surface area contributed by atoms with Gasteiger partial charge in [0.25, 0.3) is 0 Å². The summed E-state index contributed by atoms with van der Waals surface area (Å²) in [5, 5.41) is 0. The Labute approximate surface area is 104 Å². The van der Waals surface area contributed by atoms with Crippen molar-refractivity contribution in [1.82, 2.24) is 0 Å². The molecule has 0 fully saturated rings. The summed E-state index contributed by atoms with van der Waals surface area (Å²) in [6.45, 7) is 7.98. The molecule has 0 aliphatic carbocycles. The normalized spacial score (nSPS) is 17.5. The molecule has 1 aliphatic rings. The van der Waals surface area contributed by atoms with Gasteiger partial charge in [0, 0.05) is 12.8 Å². The Balaban J connectivity index is 2.43. The van der Waals surface area contributed by atoms with Crippen molar-refractivity contribution in [1.29, 1.82) is 0 Å². The average molecular weight is 239 g/mol. The van der Waals surface area contributed by atoms with Crippen LogP contribution in [0.25, 0.3) is 0 Å². The smallest absolute Gasteiger partial charge is 0.197 e. The number of nitrogens with two attached hydrogens (primary N) is 1. The number of hydrogen-bond donors (Lipinski definition) is 1. The quantitative estimate of drug-likeness (QED) is 0.775. The number of carbonyl (C=O) groups is 1. The molecule has 17 heavy (non-hydrogen) atoms. The summed E-state index contributed by atoms with van der Waals surface area (Å²) in [6, 6.07) is 0. The Morgan fingerprint density at radius 2 is 2.18 bits per heavy atom. The van der Waals surface area contributed by atoms with Crippen molar-refractivity contribution >= 4 is 5.78 Å². The summed E-state index contributed by atoms with van der Waals surface area (Å²) >= 11 is 0. The predicted octanol–water partition coefficient (Wildman–Crippen LogP) is 2.65. The Bertz CT molecular complexity index is 289. The maximum absolute atomic E-state index is 11.9. The van der Waals surface area contributed by atoms with Crippen molar-refractivity contribution < 1.29 is 9.53 Å². The molecule has 0 radical (unpaired) electrons. The molecule has 1 unspecified atom stereocenters. The van der Waals surface area contributed by atoms with Crippen LogP contribution >= 0.6 is 0 Å². The zero-order chi connectivity index (χ0) is 12.9. The second-order valence-corrected chi connectivity index (χ2v) is 5.81. The number of Topliss-reactive ketones (excluding diaryl/α,β-unsaturated/α-hetero) is 1. The summed E-state index contributed by atoms with van der Waals surface area (Å²) in [7, 11) is 0. The lowest BCUT2D eigenvalue weighted by Crippen LogP contribution is -2.24. The first kappa shape index (κ1) is 14.2. The van der Waals surface area contributed by atoms with Crippen LogP contribution < -0.4 is 5.73 Å². The monoisotopic (exact) mass is 239 g/mol. The van der Waals surface area contributed by atoms with Gasteiger partial charge in [0.05, 0.1) is 6.61 Å². The molecular weight excluding hydrogens is 214 g/mol. The van der Waals surface area contributed by atoms with E-state index in [9.17, 15) is 4.79 Å². The van der Waals surface area contributed by atoms with E-state index in [4.69, 9.17) is 10.5 Å². The van der Waals surface area contributed by atoms with E-state index in [1.165, 1.54) is 0 Å². The lowest BCUT2D eigenvalue weighted by atomic mass is 9.76. The summed E-state index contributed by atoms with van der Waals surface area (Å²) in [4.78, 5) is 11.9. The van der Waals surface area contributed by atoms with Crippen LogP contribution in [-0.2, 0) is 9.53 Å². The van der Waals surface area contributed by atoms with Crippen molar-refractivity contribution in [2.45, 2.75) is 46.5 Å². The first-order valence-electron chi connectivity index (χ1n) is 6.51. The van der Waals surface area contributed by atoms with Crippen LogP contribution in [0.2, 0.25) is 0 Å². The van der Waals surface area contributed by atoms with Gasteiger partial charge in [-0.15, -0.1) is 0 Å². The second-order valence-electron chi connectivity index (χ2n) is 5.81. The molecule has 1 rings (SSSR count). The lowest BCUT2D eigenvalue weighted by Gasteiger charge is -2.30. The number of hydrogen-bond acceptors (Lipinski definition) is 3. The molecule has 0 aromatic rings. The number of allylic oxidation sites excluding steroid dienone is 1. The molecule has 1 heterocycles. The van der Waals surface area contributed by atoms with Gasteiger partial charge in [0.2, 0.25) is 0 Å². The summed E-state index contributed by atoms with van der Waals surface area (Å²) in [5.41, 5.74) is 5.85. The van der Waals surface area contributed by atoms with Crippen molar-refractivity contribution in [2.75, 3.05) is 13.2 Å². The van der Waals surface area contributed by atoms with Crippen LogP contribution in [0.1, 0.15) is 46.5 Å². The van der Waals surface area contributed by atoms with Gasteiger partial charge in [-0.3, -0.25) is 4.79 Å². The van der Waals surface area contributed by atoms with Crippen LogP contribution in [0.3, 0.4) is 0 Å². The van der Waals surface area contributed by atoms with E-state index >= 15 is 0 Å². The van der Waals surface area contributed by atoms with Gasteiger partial charge in [-0.25, -0.2) is 0 Å². The Kier molecular flexibility index (Phi) is 5.19. The molecule has 0 amide bonds. The Hall–Kier alpha value is -0.830. The van der Waals surface area contributed by atoms with Crippen molar-refractivity contribution in [3.8, 4) is 0 Å². The SMILES string of the molecule is CC(C)(C)C(CCN)CCC(=O)C1=CCCO1. The zero-order valence-electron chi connectivity index (χ0n) is 11.3. The average Bonchev–Trinajstić information content (AvgIpc) is 2.75. The van der Waals surface area contributed by atoms with E-state index in [1.807, 2.05) is 6.08 Å². The first-order valence-corrected chi connectivity index (χ1v) is 6.51. The number of carbonyl (C=O) groups excluding carboxylic acids is 1. The number of ether oxygens (including phenoxy) is 1. The van der Waals surface area contributed by atoms with Gasteiger partial charge in [-0.1, -0.05) is 20.8 Å². The van der Waals surface area contributed by atoms with Crippen LogP contribution in [0.4, 0.5) is 0 Å². The fraction of sp³-hybridized carbons (Fsp3) is 0.786. The van der Waals surface area contributed by atoms with Gasteiger partial charge in [0.1, 0.15) is 0 Å². The molecule has 0 saturated heterocycles. The third kappa shape index (κ3) is 4.50. The molecule has 98 valence electrons. The molecule has 1 atom stereocenters. The molecule has 0 saturated carbocycles. The van der Waals surface area contributed by atoms with Crippen molar-refractivity contribution in [3.05, 3.63) is 11.8 Å². The highest BCUT2D eigenvalue weighted by Gasteiger charge is 2.25. The molecule has 1 aliphatic heterocycles. The van der Waals surface area contributed by atoms with E-state index in [1.54, 1.807) is 0 Å². The minimum atomic E-state index is 0.147. The molecule has 0 aromatic carbocycles. The van der Waals surface area contributed by atoms with Crippen LogP contribution in [0.15, 0.2) is 11.8 Å². The standard InChI is InChI=1S/C14H25NO2/c1-14(2,3)11(8-9-15)6-7-12(16)13-5-4-10-17-13/h5,11H,4,6-10,15H2,1-3H3. The van der Waals surface area contributed by atoms with Gasteiger partial charge >= 0.3 is 0 Å². The van der Waals surface area contributed by atoms with Gasteiger partial charge in [-0.05, 0) is 36.8 Å². The van der Waals surface area contributed by atoms with E-state index < -0.39 is 0 Å². The van der Waals surface area contributed by atoms with Crippen LogP contribution in [0, 0.1) is 11.3 Å². The molecule has 0 spiro atoms. The fourth-order valence-corrected chi connectivity index (χ4v) is 2.25. The summed E-state index contributed by atoms with van der Waals surface area (Å²) in [6.07, 6.45) is 5.23. The largest absolute Gasteiger partial charge is 0.490 e. The van der Waals surface area contributed by atoms with Gasteiger partial charge in [0.15, 0.2) is 11.5 Å². The Morgan fingerprint density at radius 1 is 1.47 bits per heavy atom. The maximum Gasteiger partial charge on any atom is 0.197 e. The van der Waals surface area contributed by atoms with Gasteiger partial charge in [-0.2, -0.15) is 0 Å². The lowest BCUT2D eigenvalue weighted by molar-refractivity contribution is -0.119. The minimum Gasteiger partial charge on any atom is -0.490 e. The molecular formula is C14H25NO2.